The number of aromatic nitrogens is 4. The lowest BCUT2D eigenvalue weighted by Gasteiger charge is -2.42. The molecule has 0 saturated carbocycles. The van der Waals surface area contributed by atoms with E-state index in [1.807, 2.05) is 81.7 Å². The number of anilines is 1. The number of aliphatic hydroxyl groups excluding tert-OH is 1. The lowest BCUT2D eigenvalue weighted by molar-refractivity contribution is -0.141. The first-order valence-electron chi connectivity index (χ1n) is 21.3. The van der Waals surface area contributed by atoms with E-state index < -0.39 is 18.1 Å². The van der Waals surface area contributed by atoms with Crippen LogP contribution in [0, 0.1) is 18.8 Å². The Hall–Kier alpha value is -5.22. The second kappa shape index (κ2) is 17.3. The van der Waals surface area contributed by atoms with Crippen LogP contribution in [0.4, 0.5) is 5.82 Å². The molecule has 0 radical (unpaired) electrons. The van der Waals surface area contributed by atoms with Crippen LogP contribution in [0.3, 0.4) is 0 Å². The molecule has 3 N–H and O–H groups in total. The number of carbonyl (C=O) groups excluding carboxylic acids is 2. The molecule has 3 aliphatic heterocycles. The quantitative estimate of drug-likeness (QED) is 0.113. The summed E-state index contributed by atoms with van der Waals surface area (Å²) in [5.41, 5.74) is 6.22. The van der Waals surface area contributed by atoms with Gasteiger partial charge < -0.3 is 34.8 Å². The number of nitrogens with zero attached hydrogens (tertiary/aromatic N) is 7. The molecule has 7 heterocycles. The van der Waals surface area contributed by atoms with Gasteiger partial charge >= 0.3 is 0 Å². The van der Waals surface area contributed by atoms with E-state index in [2.05, 4.69) is 41.5 Å². The van der Waals surface area contributed by atoms with E-state index in [-0.39, 0.29) is 42.5 Å². The van der Waals surface area contributed by atoms with E-state index in [1.165, 1.54) is 9.78 Å². The maximum Gasteiger partial charge on any atom is 0.243 e. The molecular formula is C46H52N8O5S2. The highest BCUT2D eigenvalue weighted by molar-refractivity contribution is 7.18. The molecule has 0 bridgehead atoms. The first-order valence-corrected chi connectivity index (χ1v) is 23.0. The Kier molecular flexibility index (Phi) is 11.7. The van der Waals surface area contributed by atoms with Crippen molar-refractivity contribution in [2.24, 2.45) is 11.8 Å². The number of piperidine rings is 1. The number of benzene rings is 2. The Balaban J connectivity index is 0.771. The van der Waals surface area contributed by atoms with Gasteiger partial charge in [0.1, 0.15) is 22.5 Å². The lowest BCUT2D eigenvalue weighted by atomic mass is 9.90. The van der Waals surface area contributed by atoms with Crippen molar-refractivity contribution in [3.05, 3.63) is 94.1 Å². The molecule has 4 atom stereocenters. The highest BCUT2D eigenvalue weighted by Crippen LogP contribution is 2.39. The highest BCUT2D eigenvalue weighted by Gasteiger charge is 2.44. The van der Waals surface area contributed by atoms with Gasteiger partial charge in [-0.3, -0.25) is 9.59 Å². The average molecular weight is 861 g/mol. The number of aliphatic hydroxyl groups is 1. The number of β-amino-alcohol motifs (C(OH)–C–C–N with tert-alkyl or cyclic N) is 1. The monoisotopic (exact) mass is 860 g/mol. The third-order valence-corrected chi connectivity index (χ3v) is 14.9. The van der Waals surface area contributed by atoms with E-state index in [9.17, 15) is 19.8 Å². The minimum absolute atomic E-state index is 0.0875. The van der Waals surface area contributed by atoms with Crippen molar-refractivity contribution in [2.45, 2.75) is 77.0 Å². The van der Waals surface area contributed by atoms with Crippen LogP contribution in [0.25, 0.3) is 31.9 Å². The molecule has 61 heavy (non-hydrogen) atoms. The summed E-state index contributed by atoms with van der Waals surface area (Å²) in [6.45, 7) is 12.8. The summed E-state index contributed by atoms with van der Waals surface area (Å²) in [6, 6.07) is 20.4. The third-order valence-electron chi connectivity index (χ3n) is 12.7. The lowest BCUT2D eigenvalue weighted by Crippen LogP contribution is -2.48. The van der Waals surface area contributed by atoms with Crippen LogP contribution in [0.1, 0.15) is 79.8 Å². The Bertz CT molecular complexity index is 2500. The highest BCUT2D eigenvalue weighted by atomic mass is 32.1. The van der Waals surface area contributed by atoms with Crippen molar-refractivity contribution in [3.63, 3.8) is 0 Å². The first kappa shape index (κ1) is 41.1. The number of likely N-dealkylation sites (tertiary alicyclic amines) is 2. The van der Waals surface area contributed by atoms with Gasteiger partial charge in [0.2, 0.25) is 11.8 Å². The fourth-order valence-corrected chi connectivity index (χ4v) is 11.0. The van der Waals surface area contributed by atoms with Gasteiger partial charge in [0.15, 0.2) is 11.6 Å². The van der Waals surface area contributed by atoms with Crippen molar-refractivity contribution < 1.29 is 24.3 Å². The predicted octanol–water partition coefficient (Wildman–Crippen LogP) is 7.38. The van der Waals surface area contributed by atoms with Crippen molar-refractivity contribution in [1.82, 2.24) is 35.5 Å². The number of carbonyl (C=O) groups is 2. The van der Waals surface area contributed by atoms with E-state index in [4.69, 9.17) is 4.52 Å². The number of phenolic OH excluding ortho intramolecular Hbond substituents is 1. The maximum absolute atomic E-state index is 14.3. The van der Waals surface area contributed by atoms with E-state index in [0.717, 1.165) is 83.3 Å². The smallest absolute Gasteiger partial charge is 0.243 e. The van der Waals surface area contributed by atoms with Crippen molar-refractivity contribution >= 4 is 50.5 Å². The predicted molar refractivity (Wildman–Crippen MR) is 238 cm³/mol. The summed E-state index contributed by atoms with van der Waals surface area (Å²) in [7, 11) is 0. The molecule has 6 aromatic rings. The SMILES string of the molecule is Cc1ncsc1-c1ccc([C@H](C)NC(=O)[C@@H]2C[C@@H](O)CN2C(=O)C(c2cc(N3CCC(CN4CC(c5cc6cc(-c7ccccc7O)nnc6s5)C4)CC3)no2)C(C)C)cc1. The minimum atomic E-state index is -0.796. The number of phenols is 1. The second-order valence-electron chi connectivity index (χ2n) is 17.3. The van der Waals surface area contributed by atoms with Gasteiger partial charge in [0.05, 0.1) is 33.9 Å². The van der Waals surface area contributed by atoms with Gasteiger partial charge in [-0.05, 0) is 73.9 Å². The second-order valence-corrected chi connectivity index (χ2v) is 19.2. The molecule has 2 aromatic carbocycles. The number of rotatable bonds is 12. The average Bonchev–Trinajstić information content (AvgIpc) is 4.06. The largest absolute Gasteiger partial charge is 0.507 e. The first-order chi connectivity index (χ1) is 29.5. The van der Waals surface area contributed by atoms with Crippen LogP contribution in [0.2, 0.25) is 0 Å². The maximum atomic E-state index is 14.3. The molecule has 0 aliphatic carbocycles. The summed E-state index contributed by atoms with van der Waals surface area (Å²) in [4.78, 5) is 42.1. The molecule has 3 fully saturated rings. The summed E-state index contributed by atoms with van der Waals surface area (Å²) in [6.07, 6.45) is 1.46. The van der Waals surface area contributed by atoms with Gasteiger partial charge in [-0.1, -0.05) is 55.4 Å². The molecule has 1 unspecified atom stereocenters. The molecule has 2 amide bonds. The number of hydrogen-bond acceptors (Lipinski definition) is 13. The molecule has 0 spiro atoms. The van der Waals surface area contributed by atoms with E-state index in [0.29, 0.717) is 28.9 Å². The minimum Gasteiger partial charge on any atom is -0.507 e. The number of para-hydroxylation sites is 1. The number of thiazole rings is 1. The van der Waals surface area contributed by atoms with E-state index >= 15 is 0 Å². The van der Waals surface area contributed by atoms with Gasteiger partial charge in [-0.25, -0.2) is 4.98 Å². The molecule has 318 valence electrons. The molecule has 3 saturated heterocycles. The zero-order valence-corrected chi connectivity index (χ0v) is 36.5. The Morgan fingerprint density at radius 2 is 1.75 bits per heavy atom. The standard InChI is InChI=1S/C46H52N8O5S2/c1-26(2)42(46(58)54-24-34(55)19-37(54)44(57)48-27(3)30-9-11-31(12-10-30)43-28(4)47-25-60-43)39-20-41(51-59-39)53-15-13-29(14-16-53)21-52-22-33(23-52)40-18-32-17-36(49-50-45(32)61-40)35-7-5-6-8-38(35)56/h5-12,17-18,20,25-27,29,33-34,37,42,55-56H,13-16,19,21-24H2,1-4H3,(H,48,57)/t27-,34+,37-,42?/m0/s1. The molecule has 9 rings (SSSR count). The van der Waals surface area contributed by atoms with Crippen LogP contribution < -0.4 is 10.2 Å². The number of aryl methyl sites for hydroxylation is 1. The van der Waals surface area contributed by atoms with Crippen LogP contribution in [-0.2, 0) is 9.59 Å². The zero-order chi connectivity index (χ0) is 42.4. The van der Waals surface area contributed by atoms with Gasteiger partial charge in [-0.2, -0.15) is 0 Å². The molecule has 13 nitrogen and oxygen atoms in total. The number of amides is 2. The van der Waals surface area contributed by atoms with Crippen LogP contribution in [0.15, 0.2) is 76.8 Å². The number of nitrogens with one attached hydrogen (secondary N) is 1. The summed E-state index contributed by atoms with van der Waals surface area (Å²) in [5.74, 6) is 1.19. The van der Waals surface area contributed by atoms with Gasteiger partial charge in [0, 0.05) is 73.5 Å². The normalized spacial score (nSPS) is 20.0. The summed E-state index contributed by atoms with van der Waals surface area (Å²) >= 11 is 3.31. The zero-order valence-electron chi connectivity index (χ0n) is 34.9. The van der Waals surface area contributed by atoms with Crippen molar-refractivity contribution in [2.75, 3.05) is 44.2 Å². The number of hydrogen-bond donors (Lipinski definition) is 3. The van der Waals surface area contributed by atoms with Gasteiger partial charge in [0.25, 0.3) is 0 Å². The Morgan fingerprint density at radius 3 is 2.48 bits per heavy atom. The summed E-state index contributed by atoms with van der Waals surface area (Å²) in [5, 5.41) is 38.5. The number of aromatic hydroxyl groups is 1. The Labute approximate surface area is 363 Å². The van der Waals surface area contributed by atoms with Crippen LogP contribution in [0.5, 0.6) is 5.75 Å². The fraction of sp³-hybridized carbons (Fsp3) is 0.435. The molecular weight excluding hydrogens is 809 g/mol. The van der Waals surface area contributed by atoms with Gasteiger partial charge in [-0.15, -0.1) is 32.9 Å². The summed E-state index contributed by atoms with van der Waals surface area (Å²) < 4.78 is 5.91. The number of thiophene rings is 1. The Morgan fingerprint density at radius 1 is 0.984 bits per heavy atom. The van der Waals surface area contributed by atoms with Crippen LogP contribution in [-0.4, -0.2) is 104 Å². The number of fused-ring (bicyclic) bond motifs is 1. The molecule has 3 aliphatic rings. The van der Waals surface area contributed by atoms with E-state index in [1.54, 1.807) is 34.8 Å². The fourth-order valence-electron chi connectivity index (χ4n) is 9.19. The topological polar surface area (TPSA) is 161 Å². The van der Waals surface area contributed by atoms with Crippen molar-refractivity contribution in [3.8, 4) is 27.4 Å². The molecule has 4 aromatic heterocycles. The van der Waals surface area contributed by atoms with Crippen molar-refractivity contribution in [1.29, 1.82) is 0 Å². The molecule has 15 heteroatoms. The third kappa shape index (κ3) is 8.53. The van der Waals surface area contributed by atoms with Crippen LogP contribution >= 0.6 is 22.7 Å².